The van der Waals surface area contributed by atoms with Crippen LogP contribution >= 0.6 is 15.9 Å². The number of nitrogens with one attached hydrogen (secondary N) is 1. The Bertz CT molecular complexity index is 387. The smallest absolute Gasteiger partial charge is 0.169 e. The average Bonchev–Trinajstić information content (AvgIpc) is 3.01. The van der Waals surface area contributed by atoms with E-state index in [1.807, 2.05) is 6.07 Å². The highest BCUT2D eigenvalue weighted by molar-refractivity contribution is 9.10. The van der Waals surface area contributed by atoms with Gasteiger partial charge >= 0.3 is 0 Å². The normalized spacial score (nSPS) is 29.8. The average molecular weight is 313 g/mol. The zero-order valence-corrected chi connectivity index (χ0v) is 12.3. The molecule has 3 rings (SSSR count). The first-order valence-electron chi connectivity index (χ1n) is 7.01. The molecule has 1 N–H and O–H groups in total. The van der Waals surface area contributed by atoms with Crippen LogP contribution in [0, 0.1) is 5.92 Å². The number of piperidine rings is 1. The van der Waals surface area contributed by atoms with Crippen LogP contribution in [-0.4, -0.2) is 30.6 Å². The molecule has 2 aliphatic rings. The predicted molar refractivity (Wildman–Crippen MR) is 75.4 cm³/mol. The van der Waals surface area contributed by atoms with Crippen LogP contribution < -0.4 is 5.32 Å². The molecule has 2 unspecified atom stereocenters. The molecular formula is C14H21BrN2O. The van der Waals surface area contributed by atoms with Crippen molar-refractivity contribution in [3.05, 3.63) is 22.6 Å². The molecule has 0 radical (unpaired) electrons. The Morgan fingerprint density at radius 2 is 2.28 bits per heavy atom. The largest absolute Gasteiger partial charge is 0.453 e. The van der Waals surface area contributed by atoms with Crippen LogP contribution in [0.5, 0.6) is 0 Å². The number of halogens is 1. The first-order chi connectivity index (χ1) is 8.81. The lowest BCUT2D eigenvalue weighted by Crippen LogP contribution is -2.43. The van der Waals surface area contributed by atoms with E-state index in [2.05, 4.69) is 32.2 Å². The fourth-order valence-corrected chi connectivity index (χ4v) is 3.67. The first kappa shape index (κ1) is 12.7. The Morgan fingerprint density at radius 3 is 3.00 bits per heavy atom. The lowest BCUT2D eigenvalue weighted by atomic mass is 9.90. The Kier molecular flexibility index (Phi) is 4.07. The SMILES string of the molecule is Brc1ccc(CN2CCCC(C3CCCN3)C2)o1. The van der Waals surface area contributed by atoms with Gasteiger partial charge in [0.25, 0.3) is 0 Å². The lowest BCUT2D eigenvalue weighted by molar-refractivity contribution is 0.136. The van der Waals surface area contributed by atoms with Gasteiger partial charge < -0.3 is 9.73 Å². The van der Waals surface area contributed by atoms with Crippen LogP contribution in [-0.2, 0) is 6.54 Å². The number of rotatable bonds is 3. The van der Waals surface area contributed by atoms with Crippen molar-refractivity contribution in [1.29, 1.82) is 0 Å². The summed E-state index contributed by atoms with van der Waals surface area (Å²) in [5.74, 6) is 1.90. The fourth-order valence-electron chi connectivity index (χ4n) is 3.33. The topological polar surface area (TPSA) is 28.4 Å². The number of hydrogen-bond acceptors (Lipinski definition) is 3. The van der Waals surface area contributed by atoms with E-state index in [0.717, 1.165) is 28.9 Å². The van der Waals surface area contributed by atoms with Gasteiger partial charge in [0.15, 0.2) is 4.67 Å². The summed E-state index contributed by atoms with van der Waals surface area (Å²) in [6.45, 7) is 4.60. The van der Waals surface area contributed by atoms with Gasteiger partial charge in [-0.2, -0.15) is 0 Å². The van der Waals surface area contributed by atoms with Gasteiger partial charge in [-0.25, -0.2) is 0 Å². The van der Waals surface area contributed by atoms with Crippen molar-refractivity contribution in [1.82, 2.24) is 10.2 Å². The molecule has 100 valence electrons. The van der Waals surface area contributed by atoms with Crippen molar-refractivity contribution in [3.63, 3.8) is 0 Å². The summed E-state index contributed by atoms with van der Waals surface area (Å²) in [5, 5.41) is 3.66. The van der Waals surface area contributed by atoms with Crippen molar-refractivity contribution >= 4 is 15.9 Å². The zero-order valence-electron chi connectivity index (χ0n) is 10.7. The van der Waals surface area contributed by atoms with E-state index in [1.165, 1.54) is 45.3 Å². The minimum absolute atomic E-state index is 0.760. The van der Waals surface area contributed by atoms with Gasteiger partial charge in [0.2, 0.25) is 0 Å². The fraction of sp³-hybridized carbons (Fsp3) is 0.714. The monoisotopic (exact) mass is 312 g/mol. The van der Waals surface area contributed by atoms with Crippen LogP contribution in [0.15, 0.2) is 21.2 Å². The third-order valence-electron chi connectivity index (χ3n) is 4.22. The molecule has 0 amide bonds. The van der Waals surface area contributed by atoms with E-state index in [4.69, 9.17) is 4.42 Å². The first-order valence-corrected chi connectivity index (χ1v) is 7.80. The molecule has 18 heavy (non-hydrogen) atoms. The van der Waals surface area contributed by atoms with Crippen molar-refractivity contribution < 1.29 is 4.42 Å². The molecule has 1 aromatic rings. The van der Waals surface area contributed by atoms with Gasteiger partial charge in [0.1, 0.15) is 5.76 Å². The van der Waals surface area contributed by atoms with E-state index in [0.29, 0.717) is 0 Å². The van der Waals surface area contributed by atoms with E-state index in [9.17, 15) is 0 Å². The Balaban J connectivity index is 1.56. The van der Waals surface area contributed by atoms with Crippen molar-refractivity contribution in [2.75, 3.05) is 19.6 Å². The second kappa shape index (κ2) is 5.76. The van der Waals surface area contributed by atoms with Gasteiger partial charge in [-0.05, 0) is 72.8 Å². The molecule has 3 heterocycles. The van der Waals surface area contributed by atoms with Gasteiger partial charge in [0, 0.05) is 12.6 Å². The van der Waals surface area contributed by atoms with Crippen LogP contribution in [0.2, 0.25) is 0 Å². The molecule has 3 nitrogen and oxygen atoms in total. The molecule has 2 aliphatic heterocycles. The second-order valence-electron chi connectivity index (χ2n) is 5.55. The van der Waals surface area contributed by atoms with Crippen molar-refractivity contribution in [2.45, 2.75) is 38.3 Å². The highest BCUT2D eigenvalue weighted by Gasteiger charge is 2.29. The standard InChI is InChI=1S/C14H21BrN2O/c15-14-6-5-12(18-14)10-17-8-2-3-11(9-17)13-4-1-7-16-13/h5-6,11,13,16H,1-4,7-10H2. The summed E-state index contributed by atoms with van der Waals surface area (Å²) < 4.78 is 6.44. The number of nitrogens with zero attached hydrogens (tertiary/aromatic N) is 1. The van der Waals surface area contributed by atoms with Gasteiger partial charge in [0.05, 0.1) is 6.54 Å². The van der Waals surface area contributed by atoms with Crippen LogP contribution in [0.3, 0.4) is 0 Å². The summed E-state index contributed by atoms with van der Waals surface area (Å²) in [6.07, 6.45) is 5.43. The van der Waals surface area contributed by atoms with E-state index >= 15 is 0 Å². The number of hydrogen-bond donors (Lipinski definition) is 1. The molecular weight excluding hydrogens is 292 g/mol. The van der Waals surface area contributed by atoms with E-state index in [-0.39, 0.29) is 0 Å². The van der Waals surface area contributed by atoms with Crippen LogP contribution in [0.1, 0.15) is 31.4 Å². The van der Waals surface area contributed by atoms with E-state index in [1.54, 1.807) is 0 Å². The Morgan fingerprint density at radius 1 is 1.33 bits per heavy atom. The second-order valence-corrected chi connectivity index (χ2v) is 6.33. The van der Waals surface area contributed by atoms with Crippen molar-refractivity contribution in [2.24, 2.45) is 5.92 Å². The van der Waals surface area contributed by atoms with Gasteiger partial charge in [-0.15, -0.1) is 0 Å². The molecule has 0 saturated carbocycles. The number of furan rings is 1. The summed E-state index contributed by atoms with van der Waals surface area (Å²) in [7, 11) is 0. The molecule has 1 aromatic heterocycles. The predicted octanol–water partition coefficient (Wildman–Crippen LogP) is 3.01. The third-order valence-corrected chi connectivity index (χ3v) is 4.64. The quantitative estimate of drug-likeness (QED) is 0.930. The van der Waals surface area contributed by atoms with E-state index < -0.39 is 0 Å². The summed E-state index contributed by atoms with van der Waals surface area (Å²) in [4.78, 5) is 2.54. The highest BCUT2D eigenvalue weighted by atomic mass is 79.9. The van der Waals surface area contributed by atoms with Gasteiger partial charge in [-0.1, -0.05) is 0 Å². The maximum atomic E-state index is 5.61. The summed E-state index contributed by atoms with van der Waals surface area (Å²) in [5.41, 5.74) is 0. The molecule has 2 saturated heterocycles. The molecule has 2 atom stereocenters. The maximum Gasteiger partial charge on any atom is 0.169 e. The van der Waals surface area contributed by atoms with Crippen LogP contribution in [0.4, 0.5) is 0 Å². The number of likely N-dealkylation sites (tertiary alicyclic amines) is 1. The Hall–Kier alpha value is -0.320. The maximum absolute atomic E-state index is 5.61. The molecule has 2 fully saturated rings. The zero-order chi connectivity index (χ0) is 12.4. The van der Waals surface area contributed by atoms with Crippen molar-refractivity contribution in [3.8, 4) is 0 Å². The minimum atomic E-state index is 0.760. The summed E-state index contributed by atoms with van der Waals surface area (Å²) >= 11 is 3.37. The lowest BCUT2D eigenvalue weighted by Gasteiger charge is -2.35. The molecule has 0 aromatic carbocycles. The Labute approximate surface area is 117 Å². The van der Waals surface area contributed by atoms with Crippen LogP contribution in [0.25, 0.3) is 0 Å². The molecule has 4 heteroatoms. The third kappa shape index (κ3) is 2.98. The molecule has 0 spiro atoms. The summed E-state index contributed by atoms with van der Waals surface area (Å²) in [6, 6.07) is 4.81. The molecule has 0 bridgehead atoms. The molecule has 0 aliphatic carbocycles. The highest BCUT2D eigenvalue weighted by Crippen LogP contribution is 2.26. The minimum Gasteiger partial charge on any atom is -0.453 e. The van der Waals surface area contributed by atoms with Gasteiger partial charge in [-0.3, -0.25) is 4.90 Å².